The lowest BCUT2D eigenvalue weighted by Gasteiger charge is -2.08. The first-order valence-corrected chi connectivity index (χ1v) is 9.21. The molecule has 1 aromatic carbocycles. The molecule has 0 saturated carbocycles. The summed E-state index contributed by atoms with van der Waals surface area (Å²) in [6, 6.07) is 7.71. The molecule has 3 rings (SSSR count). The van der Waals surface area contributed by atoms with E-state index in [0.29, 0.717) is 24.5 Å². The van der Waals surface area contributed by atoms with Crippen LogP contribution in [0.2, 0.25) is 5.02 Å². The van der Waals surface area contributed by atoms with E-state index in [2.05, 4.69) is 38.1 Å². The molecule has 0 aliphatic heterocycles. The third kappa shape index (κ3) is 5.05. The van der Waals surface area contributed by atoms with Crippen molar-refractivity contribution in [2.75, 3.05) is 5.32 Å². The van der Waals surface area contributed by atoms with Gasteiger partial charge in [-0.15, -0.1) is 0 Å². The van der Waals surface area contributed by atoms with Gasteiger partial charge in [0, 0.05) is 31.0 Å². The summed E-state index contributed by atoms with van der Waals surface area (Å²) < 4.78 is 4.66. The zero-order chi connectivity index (χ0) is 17.8. The molecule has 0 fully saturated rings. The minimum absolute atomic E-state index is 0.0394. The van der Waals surface area contributed by atoms with Gasteiger partial charge in [0.2, 0.25) is 5.91 Å². The molecule has 0 aliphatic carbocycles. The van der Waals surface area contributed by atoms with E-state index in [4.69, 9.17) is 11.6 Å². The Balaban J connectivity index is 1.56. The van der Waals surface area contributed by atoms with E-state index in [1.165, 1.54) is 0 Å². The zero-order valence-electron chi connectivity index (χ0n) is 13.6. The van der Waals surface area contributed by atoms with Gasteiger partial charge in [0.15, 0.2) is 0 Å². The number of anilines is 1. The van der Waals surface area contributed by atoms with Crippen LogP contribution in [-0.4, -0.2) is 25.5 Å². The van der Waals surface area contributed by atoms with Crippen molar-refractivity contribution in [3.63, 3.8) is 0 Å². The molecule has 0 radical (unpaired) electrons. The minimum atomic E-state index is -0.0394. The van der Waals surface area contributed by atoms with Crippen LogP contribution in [0.5, 0.6) is 0 Å². The van der Waals surface area contributed by atoms with Gasteiger partial charge in [-0.3, -0.25) is 14.2 Å². The highest BCUT2D eigenvalue weighted by Gasteiger charge is 2.07. The second-order valence-electron chi connectivity index (χ2n) is 5.68. The lowest BCUT2D eigenvalue weighted by Crippen LogP contribution is -2.15. The van der Waals surface area contributed by atoms with Crippen LogP contribution >= 0.6 is 34.2 Å². The van der Waals surface area contributed by atoms with Crippen LogP contribution in [0.25, 0.3) is 0 Å². The first-order chi connectivity index (χ1) is 12.0. The Bertz CT molecular complexity index is 869. The average molecular weight is 470 g/mol. The Hall–Kier alpha value is -1.87. The van der Waals surface area contributed by atoms with Gasteiger partial charge in [0.05, 0.1) is 27.0 Å². The highest BCUT2D eigenvalue weighted by Crippen LogP contribution is 2.14. The number of hydrogen-bond donors (Lipinski definition) is 1. The van der Waals surface area contributed by atoms with Crippen LogP contribution < -0.4 is 5.32 Å². The molecule has 25 heavy (non-hydrogen) atoms. The number of nitrogens with zero attached hydrogens (tertiary/aromatic N) is 4. The topological polar surface area (TPSA) is 64.7 Å². The Morgan fingerprint density at radius 3 is 2.84 bits per heavy atom. The van der Waals surface area contributed by atoms with E-state index < -0.39 is 0 Å². The molecule has 0 bridgehead atoms. The third-order valence-electron chi connectivity index (χ3n) is 3.61. The third-order valence-corrected chi connectivity index (χ3v) is 4.87. The number of halogens is 2. The maximum atomic E-state index is 12.2. The van der Waals surface area contributed by atoms with Crippen molar-refractivity contribution < 1.29 is 4.79 Å². The Morgan fingerprint density at radius 1 is 1.32 bits per heavy atom. The molecule has 1 amide bonds. The fraction of sp³-hybridized carbons (Fsp3) is 0.235. The smallest absolute Gasteiger partial charge is 0.226 e. The second-order valence-corrected chi connectivity index (χ2v) is 7.28. The van der Waals surface area contributed by atoms with Crippen LogP contribution in [0.3, 0.4) is 0 Å². The molecule has 0 spiro atoms. The molecule has 1 N–H and O–H groups in total. The van der Waals surface area contributed by atoms with Crippen LogP contribution in [0, 0.1) is 10.5 Å². The summed E-state index contributed by atoms with van der Waals surface area (Å²) in [5, 5.41) is 12.1. The number of carbonyl (C=O) groups excluding carboxylic acids is 1. The predicted octanol–water partition coefficient (Wildman–Crippen LogP) is 3.72. The van der Waals surface area contributed by atoms with Gasteiger partial charge in [-0.2, -0.15) is 10.2 Å². The number of rotatable bonds is 6. The van der Waals surface area contributed by atoms with Gasteiger partial charge < -0.3 is 5.32 Å². The molecule has 0 atom stereocenters. The monoisotopic (exact) mass is 469 g/mol. The number of amides is 1. The summed E-state index contributed by atoms with van der Waals surface area (Å²) in [5.74, 6) is -0.0394. The maximum Gasteiger partial charge on any atom is 0.226 e. The van der Waals surface area contributed by atoms with Gasteiger partial charge in [-0.1, -0.05) is 23.7 Å². The molecule has 2 aromatic heterocycles. The van der Waals surface area contributed by atoms with E-state index in [9.17, 15) is 4.79 Å². The Kier molecular flexibility index (Phi) is 5.74. The number of carbonyl (C=O) groups is 1. The lowest BCUT2D eigenvalue weighted by atomic mass is 10.2. The minimum Gasteiger partial charge on any atom is -0.326 e. The number of aromatic nitrogens is 4. The first kappa shape index (κ1) is 17.9. The summed E-state index contributed by atoms with van der Waals surface area (Å²) >= 11 is 8.11. The molecular weight excluding hydrogens is 453 g/mol. The largest absolute Gasteiger partial charge is 0.326 e. The molecule has 2 heterocycles. The normalized spacial score (nSPS) is 10.8. The molecule has 0 aliphatic rings. The van der Waals surface area contributed by atoms with Gasteiger partial charge in [-0.05, 0) is 47.2 Å². The van der Waals surface area contributed by atoms with Crippen molar-refractivity contribution in [1.82, 2.24) is 19.6 Å². The quantitative estimate of drug-likeness (QED) is 0.560. The number of benzene rings is 1. The van der Waals surface area contributed by atoms with Crippen molar-refractivity contribution in [2.45, 2.75) is 26.4 Å². The standard InChI is InChI=1S/C17H17ClIN5O/c1-12-16(19)11-23(22-12)6-5-17(25)21-15-4-2-3-13(7-15)9-24-10-14(18)8-20-24/h2-4,7-8,10-11H,5-6,9H2,1H3,(H,21,25). The molecule has 6 nitrogen and oxygen atoms in total. The summed E-state index contributed by atoms with van der Waals surface area (Å²) in [6.45, 7) is 3.11. The summed E-state index contributed by atoms with van der Waals surface area (Å²) in [5.41, 5.74) is 2.79. The van der Waals surface area contributed by atoms with Gasteiger partial charge >= 0.3 is 0 Å². The molecule has 8 heteroatoms. The molecule has 3 aromatic rings. The SMILES string of the molecule is Cc1nn(CCC(=O)Nc2cccc(Cn3cc(Cl)cn3)c2)cc1I. The highest BCUT2D eigenvalue weighted by atomic mass is 127. The van der Waals surface area contributed by atoms with Crippen LogP contribution in [-0.2, 0) is 17.9 Å². The fourth-order valence-electron chi connectivity index (χ4n) is 2.41. The van der Waals surface area contributed by atoms with Crippen LogP contribution in [0.15, 0.2) is 42.9 Å². The molecule has 0 saturated heterocycles. The van der Waals surface area contributed by atoms with Crippen molar-refractivity contribution in [3.05, 3.63) is 62.7 Å². The lowest BCUT2D eigenvalue weighted by molar-refractivity contribution is -0.116. The molecule has 130 valence electrons. The fourth-order valence-corrected chi connectivity index (χ4v) is 2.99. The van der Waals surface area contributed by atoms with E-state index in [1.54, 1.807) is 21.8 Å². The molecule has 0 unspecified atom stereocenters. The molecular formula is C17H17ClIN5O. The van der Waals surface area contributed by atoms with E-state index >= 15 is 0 Å². The van der Waals surface area contributed by atoms with Crippen LogP contribution in [0.4, 0.5) is 5.69 Å². The van der Waals surface area contributed by atoms with Gasteiger partial charge in [0.1, 0.15) is 0 Å². The summed E-state index contributed by atoms with van der Waals surface area (Å²) in [6.07, 6.45) is 5.68. The van der Waals surface area contributed by atoms with E-state index in [0.717, 1.165) is 20.5 Å². The van der Waals surface area contributed by atoms with Crippen molar-refractivity contribution in [2.24, 2.45) is 0 Å². The Labute approximate surface area is 164 Å². The Morgan fingerprint density at radius 2 is 2.16 bits per heavy atom. The first-order valence-electron chi connectivity index (χ1n) is 7.76. The van der Waals surface area contributed by atoms with Crippen LogP contribution in [0.1, 0.15) is 17.7 Å². The summed E-state index contributed by atoms with van der Waals surface area (Å²) in [4.78, 5) is 12.2. The second kappa shape index (κ2) is 8.01. The summed E-state index contributed by atoms with van der Waals surface area (Å²) in [7, 11) is 0. The number of hydrogen-bond acceptors (Lipinski definition) is 3. The van der Waals surface area contributed by atoms with Crippen molar-refractivity contribution in [3.8, 4) is 0 Å². The maximum absolute atomic E-state index is 12.2. The van der Waals surface area contributed by atoms with E-state index in [-0.39, 0.29) is 5.91 Å². The number of nitrogens with one attached hydrogen (secondary N) is 1. The van der Waals surface area contributed by atoms with Crippen molar-refractivity contribution >= 4 is 45.8 Å². The van der Waals surface area contributed by atoms with Gasteiger partial charge in [-0.25, -0.2) is 0 Å². The zero-order valence-corrected chi connectivity index (χ0v) is 16.5. The predicted molar refractivity (Wildman–Crippen MR) is 106 cm³/mol. The van der Waals surface area contributed by atoms with Crippen molar-refractivity contribution in [1.29, 1.82) is 0 Å². The highest BCUT2D eigenvalue weighted by molar-refractivity contribution is 14.1. The average Bonchev–Trinajstić information content (AvgIpc) is 3.11. The van der Waals surface area contributed by atoms with E-state index in [1.807, 2.05) is 37.4 Å². The van der Waals surface area contributed by atoms with Gasteiger partial charge in [0.25, 0.3) is 0 Å². The number of aryl methyl sites for hydroxylation is 2.